The zero-order valence-electron chi connectivity index (χ0n) is 10.8. The maximum absolute atomic E-state index is 13.2. The van der Waals surface area contributed by atoms with E-state index in [1.54, 1.807) is 31.4 Å². The Kier molecular flexibility index (Phi) is 4.20. The van der Waals surface area contributed by atoms with Gasteiger partial charge in [-0.15, -0.1) is 0 Å². The lowest BCUT2D eigenvalue weighted by molar-refractivity contribution is 0.0691. The minimum atomic E-state index is -1.30. The first kappa shape index (κ1) is 13.9. The highest BCUT2D eigenvalue weighted by Gasteiger charge is 2.10. The summed E-state index contributed by atoms with van der Waals surface area (Å²) in [6.45, 7) is 0.160. The van der Waals surface area contributed by atoms with Gasteiger partial charge in [0.05, 0.1) is 12.7 Å². The van der Waals surface area contributed by atoms with Crippen LogP contribution in [0.15, 0.2) is 42.5 Å². The Labute approximate surface area is 115 Å². The van der Waals surface area contributed by atoms with Crippen LogP contribution in [-0.4, -0.2) is 18.2 Å². The van der Waals surface area contributed by atoms with E-state index >= 15 is 0 Å². The Hall–Kier alpha value is -2.56. The number of hydrogen-bond donors (Lipinski definition) is 1. The molecule has 1 N–H and O–H groups in total. The molecular weight excluding hydrogens is 263 g/mol. The average Bonchev–Trinajstić information content (AvgIpc) is 2.46. The summed E-state index contributed by atoms with van der Waals surface area (Å²) in [5.74, 6) is -0.723. The molecule has 5 heteroatoms. The highest BCUT2D eigenvalue weighted by molar-refractivity contribution is 5.88. The first-order valence-electron chi connectivity index (χ1n) is 5.88. The van der Waals surface area contributed by atoms with Gasteiger partial charge in [0.1, 0.15) is 23.9 Å². The second-order valence-corrected chi connectivity index (χ2v) is 4.08. The van der Waals surface area contributed by atoms with Crippen molar-refractivity contribution in [1.82, 2.24) is 0 Å². The normalized spacial score (nSPS) is 10.1. The largest absolute Gasteiger partial charge is 0.497 e. The Balaban J connectivity index is 2.06. The number of rotatable bonds is 5. The fourth-order valence-corrected chi connectivity index (χ4v) is 1.66. The number of benzene rings is 2. The second kappa shape index (κ2) is 6.06. The molecule has 0 aliphatic heterocycles. The summed E-state index contributed by atoms with van der Waals surface area (Å²) in [4.78, 5) is 10.8. The molecule has 2 aromatic rings. The van der Waals surface area contributed by atoms with E-state index in [0.29, 0.717) is 17.1 Å². The molecule has 20 heavy (non-hydrogen) atoms. The number of halogens is 1. The van der Waals surface area contributed by atoms with Crippen molar-refractivity contribution in [3.05, 3.63) is 59.4 Å². The van der Waals surface area contributed by atoms with Crippen molar-refractivity contribution in [3.63, 3.8) is 0 Å². The predicted molar refractivity (Wildman–Crippen MR) is 70.7 cm³/mol. The molecular formula is C15H13FO4. The molecule has 0 aliphatic rings. The van der Waals surface area contributed by atoms with Gasteiger partial charge < -0.3 is 14.6 Å². The molecule has 0 fully saturated rings. The highest BCUT2D eigenvalue weighted by Crippen LogP contribution is 2.19. The second-order valence-electron chi connectivity index (χ2n) is 4.08. The average molecular weight is 276 g/mol. The molecule has 0 saturated heterocycles. The van der Waals surface area contributed by atoms with Gasteiger partial charge in [-0.3, -0.25) is 0 Å². The van der Waals surface area contributed by atoms with E-state index in [1.807, 2.05) is 0 Å². The third-order valence-electron chi connectivity index (χ3n) is 2.73. The third-order valence-corrected chi connectivity index (χ3v) is 2.73. The van der Waals surface area contributed by atoms with E-state index in [1.165, 1.54) is 12.1 Å². The van der Waals surface area contributed by atoms with Crippen molar-refractivity contribution in [2.75, 3.05) is 7.11 Å². The molecule has 0 heterocycles. The van der Waals surface area contributed by atoms with E-state index in [9.17, 15) is 9.18 Å². The van der Waals surface area contributed by atoms with E-state index in [0.717, 1.165) is 6.07 Å². The first-order chi connectivity index (χ1) is 9.60. The molecule has 0 saturated carbocycles. The zero-order valence-corrected chi connectivity index (χ0v) is 10.8. The minimum absolute atomic E-state index is 0.160. The molecule has 0 radical (unpaired) electrons. The van der Waals surface area contributed by atoms with Crippen LogP contribution in [0.25, 0.3) is 0 Å². The van der Waals surface area contributed by atoms with Gasteiger partial charge in [-0.2, -0.15) is 0 Å². The maximum atomic E-state index is 13.2. The number of carboxylic acids is 1. The predicted octanol–water partition coefficient (Wildman–Crippen LogP) is 3.11. The SMILES string of the molecule is COc1ccc(OCc2ccc(F)c(C(=O)O)c2)cc1. The lowest BCUT2D eigenvalue weighted by Gasteiger charge is -2.08. The van der Waals surface area contributed by atoms with Crippen molar-refractivity contribution in [2.45, 2.75) is 6.61 Å². The van der Waals surface area contributed by atoms with Gasteiger partial charge in [0, 0.05) is 0 Å². The van der Waals surface area contributed by atoms with Crippen LogP contribution in [-0.2, 0) is 6.61 Å². The summed E-state index contributed by atoms with van der Waals surface area (Å²) in [5, 5.41) is 8.84. The van der Waals surface area contributed by atoms with Gasteiger partial charge in [-0.05, 0) is 42.0 Å². The zero-order chi connectivity index (χ0) is 14.5. The molecule has 0 amide bonds. The Morgan fingerprint density at radius 3 is 2.40 bits per heavy atom. The topological polar surface area (TPSA) is 55.8 Å². The van der Waals surface area contributed by atoms with Crippen LogP contribution in [0, 0.1) is 5.82 Å². The smallest absolute Gasteiger partial charge is 0.338 e. The molecule has 0 aliphatic carbocycles. The van der Waals surface area contributed by atoms with Crippen LogP contribution < -0.4 is 9.47 Å². The lowest BCUT2D eigenvalue weighted by Crippen LogP contribution is -2.03. The Morgan fingerprint density at radius 2 is 1.80 bits per heavy atom. The summed E-state index contributed by atoms with van der Waals surface area (Å²) < 4.78 is 23.8. The van der Waals surface area contributed by atoms with Crippen molar-refractivity contribution in [3.8, 4) is 11.5 Å². The number of carboxylic acid groups (broad SMARTS) is 1. The summed E-state index contributed by atoms with van der Waals surface area (Å²) >= 11 is 0. The number of ether oxygens (including phenoxy) is 2. The van der Waals surface area contributed by atoms with Crippen LogP contribution >= 0.6 is 0 Å². The highest BCUT2D eigenvalue weighted by atomic mass is 19.1. The first-order valence-corrected chi connectivity index (χ1v) is 5.88. The third kappa shape index (κ3) is 3.26. The van der Waals surface area contributed by atoms with Crippen LogP contribution in [0.4, 0.5) is 4.39 Å². The number of methoxy groups -OCH3 is 1. The van der Waals surface area contributed by atoms with Crippen molar-refractivity contribution in [2.24, 2.45) is 0 Å². The van der Waals surface area contributed by atoms with E-state index in [4.69, 9.17) is 14.6 Å². The molecule has 0 bridgehead atoms. The quantitative estimate of drug-likeness (QED) is 0.911. The van der Waals surface area contributed by atoms with Gasteiger partial charge >= 0.3 is 5.97 Å². The van der Waals surface area contributed by atoms with Gasteiger partial charge in [0.2, 0.25) is 0 Å². The van der Waals surface area contributed by atoms with E-state index < -0.39 is 11.8 Å². The van der Waals surface area contributed by atoms with Crippen LogP contribution in [0.5, 0.6) is 11.5 Å². The van der Waals surface area contributed by atoms with Gasteiger partial charge in [-0.25, -0.2) is 9.18 Å². The molecule has 104 valence electrons. The van der Waals surface area contributed by atoms with Gasteiger partial charge in [-0.1, -0.05) is 6.07 Å². The molecule has 0 aromatic heterocycles. The van der Waals surface area contributed by atoms with E-state index in [-0.39, 0.29) is 12.2 Å². The fourth-order valence-electron chi connectivity index (χ4n) is 1.66. The standard InChI is InChI=1S/C15H13FO4/c1-19-11-3-5-12(6-4-11)20-9-10-2-7-14(16)13(8-10)15(17)18/h2-8H,9H2,1H3,(H,17,18). The number of carbonyl (C=O) groups is 1. The van der Waals surface area contributed by atoms with Gasteiger partial charge in [0.25, 0.3) is 0 Å². The van der Waals surface area contributed by atoms with Crippen LogP contribution in [0.1, 0.15) is 15.9 Å². The fraction of sp³-hybridized carbons (Fsp3) is 0.133. The molecule has 0 atom stereocenters. The molecule has 2 aromatic carbocycles. The van der Waals surface area contributed by atoms with Gasteiger partial charge in [0.15, 0.2) is 0 Å². The minimum Gasteiger partial charge on any atom is -0.497 e. The molecule has 2 rings (SSSR count). The lowest BCUT2D eigenvalue weighted by atomic mass is 10.1. The van der Waals surface area contributed by atoms with Crippen molar-refractivity contribution >= 4 is 5.97 Å². The summed E-state index contributed by atoms with van der Waals surface area (Å²) in [6.07, 6.45) is 0. The molecule has 0 spiro atoms. The molecule has 4 nitrogen and oxygen atoms in total. The Morgan fingerprint density at radius 1 is 1.15 bits per heavy atom. The van der Waals surface area contributed by atoms with Crippen LogP contribution in [0.2, 0.25) is 0 Å². The summed E-state index contributed by atoms with van der Waals surface area (Å²) in [7, 11) is 1.57. The summed E-state index contributed by atoms with van der Waals surface area (Å²) in [5.41, 5.74) is 0.223. The van der Waals surface area contributed by atoms with E-state index in [2.05, 4.69) is 0 Å². The van der Waals surface area contributed by atoms with Crippen molar-refractivity contribution in [1.29, 1.82) is 0 Å². The monoisotopic (exact) mass is 276 g/mol. The van der Waals surface area contributed by atoms with Crippen LogP contribution in [0.3, 0.4) is 0 Å². The summed E-state index contributed by atoms with van der Waals surface area (Å²) in [6, 6.07) is 10.9. The maximum Gasteiger partial charge on any atom is 0.338 e. The Bertz CT molecular complexity index is 608. The molecule has 0 unspecified atom stereocenters. The number of aromatic carboxylic acids is 1. The van der Waals surface area contributed by atoms with Crippen molar-refractivity contribution < 1.29 is 23.8 Å². The number of hydrogen-bond acceptors (Lipinski definition) is 3.